The molecule has 0 spiro atoms. The Morgan fingerprint density at radius 1 is 0.934 bits per heavy atom. The van der Waals surface area contributed by atoms with Crippen molar-refractivity contribution in [3.63, 3.8) is 0 Å². The molecule has 4 aliphatic rings. The van der Waals surface area contributed by atoms with E-state index in [2.05, 4.69) is 31.4 Å². The maximum atomic E-state index is 14.9. The molecule has 0 bridgehead atoms. The molecule has 6 rings (SSSR count). The van der Waals surface area contributed by atoms with Crippen LogP contribution in [-0.4, -0.2) is 118 Å². The molecule has 2 aromatic rings. The number of nitrogens with one attached hydrogen (secondary N) is 4. The van der Waals surface area contributed by atoms with Crippen molar-refractivity contribution < 1.29 is 50.6 Å². The number of likely N-dealkylation sites (tertiary alicyclic amines) is 1. The van der Waals surface area contributed by atoms with Crippen LogP contribution in [-0.2, 0) is 33.9 Å². The molecule has 1 aromatic heterocycles. The van der Waals surface area contributed by atoms with E-state index >= 15 is 0 Å². The molecule has 18 nitrogen and oxygen atoms in total. The summed E-state index contributed by atoms with van der Waals surface area (Å²) in [5.41, 5.74) is -3.50. The fraction of sp³-hybridized carbons (Fsp3) is 0.700. The van der Waals surface area contributed by atoms with Gasteiger partial charge in [-0.25, -0.2) is 22.0 Å². The lowest BCUT2D eigenvalue weighted by atomic mass is 9.82. The fourth-order valence-corrected chi connectivity index (χ4v) is 9.46. The molecular formula is C40H57F2N9O9S. The van der Waals surface area contributed by atoms with Gasteiger partial charge in [0.1, 0.15) is 35.0 Å². The van der Waals surface area contributed by atoms with E-state index in [1.165, 1.54) is 16.8 Å². The summed E-state index contributed by atoms with van der Waals surface area (Å²) in [5.74, 6) is -4.72. The summed E-state index contributed by atoms with van der Waals surface area (Å²) in [6.07, 6.45) is -0.000318. The number of nitrogens with zero attached hydrogens (tertiary/aromatic N) is 5. The molecule has 6 atom stereocenters. The number of aromatic nitrogens is 4. The smallest absolute Gasteiger partial charge is 0.408 e. The maximum absolute atomic E-state index is 14.9. The van der Waals surface area contributed by atoms with Gasteiger partial charge in [0.15, 0.2) is 0 Å². The Labute approximate surface area is 354 Å². The average molecular weight is 878 g/mol. The van der Waals surface area contributed by atoms with Crippen LogP contribution in [0.1, 0.15) is 105 Å². The lowest BCUT2D eigenvalue weighted by Gasteiger charge is -2.37. The van der Waals surface area contributed by atoms with Crippen molar-refractivity contribution in [2.75, 3.05) is 13.7 Å². The second-order valence-electron chi connectivity index (χ2n) is 18.7. The zero-order valence-electron chi connectivity index (χ0n) is 35.6. The van der Waals surface area contributed by atoms with E-state index in [1.54, 1.807) is 65.8 Å². The van der Waals surface area contributed by atoms with Crippen molar-refractivity contribution >= 4 is 39.7 Å². The van der Waals surface area contributed by atoms with Crippen LogP contribution in [0.5, 0.6) is 5.75 Å². The Morgan fingerprint density at radius 2 is 1.59 bits per heavy atom. The van der Waals surface area contributed by atoms with Crippen molar-refractivity contribution in [2.45, 2.75) is 146 Å². The molecule has 0 radical (unpaired) electrons. The standard InChI is InChI=1S/C40H57F2N9O9S/c1-38(2,3)30(44-34(53)29(22-11-9-8-10-12-22)43-37(56)60-39(4,5)6)35(54)50-21-24(51-47-32(46-49-51)23-13-15-25(59-7)16-14-23)19-28(50)33(52)45-40(20-27(40)31(41)42)36(55)48-61(57,58)26-17-18-26/h13-16,22,24,26-31H,8-12,17-21H2,1-7H3,(H,43,56)(H,44,53)(H,45,52)(H,48,55)/t24-,27+,28?,29+,30-,40-/m1/s1. The number of methoxy groups -OCH3 is 1. The van der Waals surface area contributed by atoms with Gasteiger partial charge in [0.2, 0.25) is 40.0 Å². The second-order valence-corrected chi connectivity index (χ2v) is 20.6. The number of carbonyl (C=O) groups excluding carboxylic acids is 5. The van der Waals surface area contributed by atoms with Crippen molar-refractivity contribution in [3.05, 3.63) is 24.3 Å². The average Bonchev–Trinajstić information content (AvgIpc) is 4.07. The molecule has 1 aliphatic heterocycles. The van der Waals surface area contributed by atoms with Crippen LogP contribution in [0.4, 0.5) is 13.6 Å². The summed E-state index contributed by atoms with van der Waals surface area (Å²) in [5, 5.41) is 20.1. The second kappa shape index (κ2) is 17.4. The number of sulfonamides is 1. The van der Waals surface area contributed by atoms with Gasteiger partial charge in [0.25, 0.3) is 5.91 Å². The first kappa shape index (κ1) is 45.6. The maximum Gasteiger partial charge on any atom is 0.408 e. The molecule has 5 amide bonds. The van der Waals surface area contributed by atoms with Gasteiger partial charge >= 0.3 is 6.09 Å². The number of benzene rings is 1. The minimum absolute atomic E-state index is 0.164. The van der Waals surface area contributed by atoms with Crippen molar-refractivity contribution in [3.8, 4) is 17.1 Å². The first-order valence-corrected chi connectivity index (χ1v) is 22.3. The van der Waals surface area contributed by atoms with Gasteiger partial charge in [-0.3, -0.25) is 23.9 Å². The van der Waals surface area contributed by atoms with E-state index in [9.17, 15) is 41.2 Å². The Kier molecular flexibility index (Phi) is 13.0. The van der Waals surface area contributed by atoms with Gasteiger partial charge in [-0.15, -0.1) is 10.2 Å². The summed E-state index contributed by atoms with van der Waals surface area (Å²) >= 11 is 0. The van der Waals surface area contributed by atoms with E-state index in [4.69, 9.17) is 9.47 Å². The van der Waals surface area contributed by atoms with E-state index < -0.39 is 104 Å². The minimum Gasteiger partial charge on any atom is -0.497 e. The number of carbonyl (C=O) groups is 5. The minimum atomic E-state index is -4.17. The topological polar surface area (TPSA) is 233 Å². The van der Waals surface area contributed by atoms with Crippen LogP contribution in [0.25, 0.3) is 11.4 Å². The molecule has 2 heterocycles. The Hall–Kier alpha value is -4.95. The highest BCUT2D eigenvalue weighted by molar-refractivity contribution is 7.91. The third-order valence-electron chi connectivity index (χ3n) is 11.7. The van der Waals surface area contributed by atoms with Crippen molar-refractivity contribution in [2.24, 2.45) is 17.3 Å². The van der Waals surface area contributed by atoms with E-state index in [1.807, 2.05) is 4.72 Å². The Morgan fingerprint density at radius 3 is 2.15 bits per heavy atom. The highest BCUT2D eigenvalue weighted by Gasteiger charge is 2.67. The zero-order chi connectivity index (χ0) is 44.7. The number of alkyl halides is 2. The molecular weight excluding hydrogens is 821 g/mol. The summed E-state index contributed by atoms with van der Waals surface area (Å²) in [7, 11) is -2.64. The van der Waals surface area contributed by atoms with E-state index in [-0.39, 0.29) is 24.7 Å². The van der Waals surface area contributed by atoms with Gasteiger partial charge < -0.3 is 30.3 Å². The number of amides is 5. The van der Waals surface area contributed by atoms with Crippen LogP contribution in [0.15, 0.2) is 24.3 Å². The number of rotatable bonds is 14. The zero-order valence-corrected chi connectivity index (χ0v) is 36.4. The fourth-order valence-electron chi connectivity index (χ4n) is 8.09. The third kappa shape index (κ3) is 10.6. The number of halogens is 2. The summed E-state index contributed by atoms with van der Waals surface area (Å²) in [6.45, 7) is 10.0. The van der Waals surface area contributed by atoms with Crippen LogP contribution >= 0.6 is 0 Å². The number of hydrogen-bond acceptors (Lipinski definition) is 12. The molecule has 3 saturated carbocycles. The molecule has 4 fully saturated rings. The number of ether oxygens (including phenoxy) is 2. The van der Waals surface area contributed by atoms with E-state index in [0.29, 0.717) is 37.0 Å². The lowest BCUT2D eigenvalue weighted by molar-refractivity contribution is -0.145. The lowest BCUT2D eigenvalue weighted by Crippen LogP contribution is -2.62. The van der Waals surface area contributed by atoms with Crippen LogP contribution < -0.4 is 25.4 Å². The van der Waals surface area contributed by atoms with Gasteiger partial charge in [-0.1, -0.05) is 40.0 Å². The predicted octanol–water partition coefficient (Wildman–Crippen LogP) is 3.24. The third-order valence-corrected chi connectivity index (χ3v) is 13.5. The van der Waals surface area contributed by atoms with Crippen molar-refractivity contribution in [1.82, 2.24) is 45.8 Å². The molecule has 1 saturated heterocycles. The van der Waals surface area contributed by atoms with Gasteiger partial charge in [-0.05, 0) is 93.7 Å². The van der Waals surface area contributed by atoms with Crippen molar-refractivity contribution in [1.29, 1.82) is 0 Å². The van der Waals surface area contributed by atoms with Gasteiger partial charge in [0.05, 0.1) is 24.3 Å². The Bertz CT molecular complexity index is 2080. The molecule has 1 unspecified atom stereocenters. The van der Waals surface area contributed by atoms with Crippen LogP contribution in [0, 0.1) is 17.3 Å². The van der Waals surface area contributed by atoms with Gasteiger partial charge in [0, 0.05) is 18.5 Å². The first-order valence-electron chi connectivity index (χ1n) is 20.7. The molecule has 336 valence electrons. The monoisotopic (exact) mass is 877 g/mol. The largest absolute Gasteiger partial charge is 0.497 e. The summed E-state index contributed by atoms with van der Waals surface area (Å²) in [6, 6.07) is 2.28. The molecule has 4 N–H and O–H groups in total. The quantitative estimate of drug-likeness (QED) is 0.214. The highest BCUT2D eigenvalue weighted by atomic mass is 32.2. The van der Waals surface area contributed by atoms with Crippen LogP contribution in [0.2, 0.25) is 0 Å². The number of alkyl carbamates (subject to hydrolysis) is 1. The predicted molar refractivity (Wildman–Crippen MR) is 215 cm³/mol. The van der Waals surface area contributed by atoms with E-state index in [0.717, 1.165) is 19.3 Å². The summed E-state index contributed by atoms with van der Waals surface area (Å²) in [4.78, 5) is 72.6. The SMILES string of the molecule is COc1ccc(-c2nnn([C@@H]3CC(C(=O)N[C@]4(C(=O)NS(=O)(=O)C5CC5)C[C@H]4C(F)F)N(C(=O)[C@@H](NC(=O)[C@@H](NC(=O)OC(C)(C)C)C4CCCCC4)C(C)(C)C)C3)n2)cc1. The normalized spacial score (nSPS) is 24.4. The first-order chi connectivity index (χ1) is 28.5. The summed E-state index contributed by atoms with van der Waals surface area (Å²) < 4.78 is 66.5. The van der Waals surface area contributed by atoms with Crippen LogP contribution in [0.3, 0.4) is 0 Å². The van der Waals surface area contributed by atoms with Gasteiger partial charge in [-0.2, -0.15) is 4.80 Å². The Balaban J connectivity index is 1.30. The number of hydrogen-bond donors (Lipinski definition) is 4. The molecule has 21 heteroatoms. The molecule has 61 heavy (non-hydrogen) atoms. The number of tetrazole rings is 1. The molecule has 1 aromatic carbocycles. The highest BCUT2D eigenvalue weighted by Crippen LogP contribution is 2.48. The molecule has 3 aliphatic carbocycles.